The van der Waals surface area contributed by atoms with Crippen LogP contribution in [-0.4, -0.2) is 246 Å². The molecule has 0 saturated carbocycles. The highest BCUT2D eigenvalue weighted by Crippen LogP contribution is 2.43. The number of hydrogen-bond donors (Lipinski definition) is 0. The van der Waals surface area contributed by atoms with Crippen LogP contribution in [0.15, 0.2) is 0 Å². The monoisotopic (exact) mass is 1890 g/mol. The van der Waals surface area contributed by atoms with Crippen molar-refractivity contribution in [2.45, 2.75) is 345 Å². The lowest BCUT2D eigenvalue weighted by Gasteiger charge is -2.50. The Labute approximate surface area is 690 Å². The Morgan fingerprint density at radius 2 is 0.440 bits per heavy atom. The van der Waals surface area contributed by atoms with Crippen LogP contribution in [0, 0.1) is 5.92 Å². The van der Waals surface area contributed by atoms with E-state index in [1.54, 1.807) is 64.0 Å². The predicted molar refractivity (Wildman–Crippen MR) is 498 cm³/mol. The van der Waals surface area contributed by atoms with E-state index in [-0.39, 0.29) is 18.5 Å². The van der Waals surface area contributed by atoms with E-state index in [1.165, 1.54) is 36.6 Å². The van der Waals surface area contributed by atoms with Gasteiger partial charge in [-0.25, -0.2) is 0 Å². The quantitative estimate of drug-likeness (QED) is 0.0315. The van der Waals surface area contributed by atoms with Gasteiger partial charge < -0.3 is 94.0 Å². The maximum absolute atomic E-state index is 13.1. The van der Waals surface area contributed by atoms with Crippen molar-refractivity contribution in [3.63, 3.8) is 0 Å². The molecule has 109 heavy (non-hydrogen) atoms. The minimum atomic E-state index is -2.87. The molecule has 652 valence electrons. The molecule has 0 aromatic carbocycles. The summed E-state index contributed by atoms with van der Waals surface area (Å²) in [7, 11) is -29.8. The molecule has 23 nitrogen and oxygen atoms in total. The van der Waals surface area contributed by atoms with E-state index in [0.717, 1.165) is 68.0 Å². The Bertz CT molecular complexity index is 2600. The Morgan fingerprint density at radius 1 is 0.257 bits per heavy atom. The van der Waals surface area contributed by atoms with Crippen LogP contribution in [0.25, 0.3) is 0 Å². The maximum Gasteiger partial charge on any atom is 0.500 e. The van der Waals surface area contributed by atoms with Crippen molar-refractivity contribution in [1.29, 1.82) is 0 Å². The van der Waals surface area contributed by atoms with Crippen molar-refractivity contribution in [3.8, 4) is 0 Å². The standard InChI is InChI=1S/C27H66O9Si7.C22H58O7Si7.C17H46O7Si6/c1-26(27(28)32-19-16-24-43(29-2,30-3)31-4)25-42(15)34-39(11,12)33-40(13,22-17-20-37(5,6)7)35-41(14,36-42)23-18-21-38(8,9)10;1-23-36(24-2,25-3)22-21-35(14)27-32(10,11)26-33(12,19-15-17-30(4,5)6)28-34(13,29-35)20-16-18-31(7,8)9;1-18-30(19-2,20-3)17-16-29(12)23-26(7,8)21-28(11,22-27(9,10)24-29)15-13-14-25(4,5)6/h26H,16-25H2,1-15H3;15-22H2,1-14H3;13-17H2,1-12H3. The minimum absolute atomic E-state index is 0.239. The van der Waals surface area contributed by atoms with E-state index >= 15 is 0 Å². The van der Waals surface area contributed by atoms with Crippen LogP contribution >= 0.6 is 0 Å². The Kier molecular flexibility index (Phi) is 44.7. The number of hydrogen-bond acceptors (Lipinski definition) is 23. The van der Waals surface area contributed by atoms with E-state index in [4.69, 9.17) is 94.0 Å². The molecule has 0 radical (unpaired) electrons. The summed E-state index contributed by atoms with van der Waals surface area (Å²) in [6.07, 6.45) is 6.30. The molecule has 7 atom stereocenters. The molecule has 0 spiro atoms. The largest absolute Gasteiger partial charge is 0.500 e. The second kappa shape index (κ2) is 44.3. The molecule has 0 aromatic heterocycles. The van der Waals surface area contributed by atoms with Crippen molar-refractivity contribution in [3.05, 3.63) is 0 Å². The highest BCUT2D eigenvalue weighted by atomic mass is 28.5. The highest BCUT2D eigenvalue weighted by Gasteiger charge is 2.60. The maximum atomic E-state index is 13.1. The highest BCUT2D eigenvalue weighted by molar-refractivity contribution is 6.96. The molecule has 43 heteroatoms. The SMILES string of the molecule is CO[Si](CCCOC(=O)C(C)C[Si]1(C)O[Si](C)(C)O[Si](C)(CCC[Si](C)(C)C)O[Si](C)(CCC[Si](C)(C)C)O1)(OC)OC.CO[Si](CC[Si]1(C)O[Si](C)(C)O[Si](C)(CCC[Si](C)(C)C)O[Si](C)(C)O1)(OC)OC.CO[Si](CC[Si]1(C)O[Si](C)(C)O[Si](C)(CCC[Si](C)(C)C)O[Si](C)(CCC[Si](C)(C)C)O1)(OC)OC. The van der Waals surface area contributed by atoms with Gasteiger partial charge in [0, 0.05) is 129 Å². The number of carbonyl (C=O) groups excluding carboxylic acids is 1. The van der Waals surface area contributed by atoms with E-state index in [9.17, 15) is 4.79 Å². The zero-order valence-corrected chi connectivity index (χ0v) is 97.7. The molecule has 0 N–H and O–H groups in total. The third-order valence-electron chi connectivity index (χ3n) is 19.7. The first kappa shape index (κ1) is 110. The second-order valence-corrected chi connectivity index (χ2v) is 121. The van der Waals surface area contributed by atoms with Gasteiger partial charge in [-0.2, -0.15) is 0 Å². The Hall–Kier alpha value is 2.97. The second-order valence-electron chi connectivity index (χ2n) is 40.2. The number of esters is 1. The van der Waals surface area contributed by atoms with Crippen LogP contribution in [0.4, 0.5) is 0 Å². The summed E-state index contributed by atoms with van der Waals surface area (Å²) >= 11 is 0. The molecule has 7 unspecified atom stereocenters. The average Bonchev–Trinajstić information content (AvgIpc) is 0.784. The smallest absolute Gasteiger partial charge is 0.465 e. The van der Waals surface area contributed by atoms with Gasteiger partial charge in [0.05, 0.1) is 12.5 Å². The summed E-state index contributed by atoms with van der Waals surface area (Å²) < 4.78 is 140. The van der Waals surface area contributed by atoms with Crippen LogP contribution in [0.2, 0.25) is 300 Å². The molecule has 3 heterocycles. The normalized spacial score (nSPS) is 29.2. The van der Waals surface area contributed by atoms with E-state index in [1.807, 2.05) is 6.92 Å². The fourth-order valence-electron chi connectivity index (χ4n) is 15.4. The summed E-state index contributed by atoms with van der Waals surface area (Å²) in [6, 6.07) is 15.1. The van der Waals surface area contributed by atoms with Crippen molar-refractivity contribution in [2.24, 2.45) is 5.92 Å². The fraction of sp³-hybridized carbons (Fsp3) is 0.985. The van der Waals surface area contributed by atoms with Crippen molar-refractivity contribution < 1.29 is 98.7 Å². The van der Waals surface area contributed by atoms with Crippen molar-refractivity contribution in [2.75, 3.05) is 70.6 Å². The zero-order chi connectivity index (χ0) is 85.0. The van der Waals surface area contributed by atoms with Gasteiger partial charge in [0.25, 0.3) is 0 Å². The van der Waals surface area contributed by atoms with Crippen molar-refractivity contribution >= 4 is 175 Å². The van der Waals surface area contributed by atoms with Crippen LogP contribution in [0.5, 0.6) is 0 Å². The van der Waals surface area contributed by atoms with Gasteiger partial charge in [-0.05, 0) is 153 Å². The van der Waals surface area contributed by atoms with Crippen LogP contribution < -0.4 is 0 Å². The lowest BCUT2D eigenvalue weighted by molar-refractivity contribution is -0.147. The van der Waals surface area contributed by atoms with Crippen molar-refractivity contribution in [1.82, 2.24) is 0 Å². The summed E-state index contributed by atoms with van der Waals surface area (Å²) in [5.74, 6) is -0.604. The minimum Gasteiger partial charge on any atom is -0.465 e. The number of ether oxygens (including phenoxy) is 1. The predicted octanol–water partition coefficient (Wildman–Crippen LogP) is 20.4. The first-order chi connectivity index (χ1) is 49.0. The first-order valence-corrected chi connectivity index (χ1v) is 96.3. The topological polar surface area (TPSA) is 220 Å². The van der Waals surface area contributed by atoms with Gasteiger partial charge >= 0.3 is 135 Å². The van der Waals surface area contributed by atoms with Gasteiger partial charge in [-0.15, -0.1) is 0 Å². The molecular formula is C66H170O23Si20. The first-order valence-electron chi connectivity index (χ1n) is 40.5. The molecule has 0 aromatic rings. The molecule has 0 bridgehead atoms. The van der Waals surface area contributed by atoms with E-state index in [2.05, 4.69) is 203 Å². The summed E-state index contributed by atoms with van der Waals surface area (Å²) in [4.78, 5) is 13.1. The average molecular weight is 1890 g/mol. The van der Waals surface area contributed by atoms with E-state index < -0.39 is 170 Å². The fourth-order valence-corrected chi connectivity index (χ4v) is 99.5. The van der Waals surface area contributed by atoms with Crippen LogP contribution in [0.3, 0.4) is 0 Å². The van der Waals surface area contributed by atoms with Crippen LogP contribution in [0.1, 0.15) is 45.4 Å². The lowest BCUT2D eigenvalue weighted by Crippen LogP contribution is -2.67. The molecular weight excluding hydrogens is 1720 g/mol. The number of carbonyl (C=O) groups is 1. The Morgan fingerprint density at radius 3 is 0.670 bits per heavy atom. The lowest BCUT2D eigenvalue weighted by atomic mass is 10.2. The molecule has 3 saturated heterocycles. The summed E-state index contributed by atoms with van der Waals surface area (Å²) in [5.41, 5.74) is 0. The number of rotatable bonds is 42. The Balaban J connectivity index is 0.000000831. The zero-order valence-electron chi connectivity index (χ0n) is 77.7. The van der Waals surface area contributed by atoms with Gasteiger partial charge in [0.15, 0.2) is 0 Å². The van der Waals surface area contributed by atoms with Gasteiger partial charge in [-0.3, -0.25) is 4.79 Å². The third kappa shape index (κ3) is 44.0. The third-order valence-corrected chi connectivity index (χ3v) is 91.6. The van der Waals surface area contributed by atoms with Gasteiger partial charge in [-0.1, -0.05) is 167 Å². The van der Waals surface area contributed by atoms with Crippen LogP contribution in [-0.2, 0) is 98.7 Å². The molecule has 3 aliphatic rings. The van der Waals surface area contributed by atoms with Gasteiger partial charge in [0.1, 0.15) is 0 Å². The molecule has 3 fully saturated rings. The molecule has 3 rings (SSSR count). The molecule has 3 aliphatic heterocycles. The molecule has 0 aliphatic carbocycles. The summed E-state index contributed by atoms with van der Waals surface area (Å²) in [6.45, 7) is 73.3. The van der Waals surface area contributed by atoms with Gasteiger partial charge in [0.2, 0.25) is 0 Å². The summed E-state index contributed by atoms with van der Waals surface area (Å²) in [5, 5.41) is 0. The van der Waals surface area contributed by atoms with E-state index in [0.29, 0.717) is 30.6 Å². The molecule has 0 amide bonds.